The number of nitrogens with one attached hydrogen (secondary N) is 3. The molecule has 0 radical (unpaired) electrons. The van der Waals surface area contributed by atoms with Gasteiger partial charge in [-0.1, -0.05) is 12.1 Å². The molecule has 2 heterocycles. The second-order valence-corrected chi connectivity index (χ2v) is 5.54. The van der Waals surface area contributed by atoms with E-state index < -0.39 is 0 Å². The number of halogens is 1. The monoisotopic (exact) mass is 333 g/mol. The maximum Gasteiger partial charge on any atom is 0.319 e. The van der Waals surface area contributed by atoms with Crippen molar-refractivity contribution in [3.8, 4) is 0 Å². The summed E-state index contributed by atoms with van der Waals surface area (Å²) < 4.78 is 18.6. The maximum absolute atomic E-state index is 13.2. The van der Waals surface area contributed by atoms with E-state index in [1.54, 1.807) is 18.3 Å². The summed E-state index contributed by atoms with van der Waals surface area (Å²) in [7, 11) is 0. The van der Waals surface area contributed by atoms with Gasteiger partial charge in [0.25, 0.3) is 0 Å². The van der Waals surface area contributed by atoms with E-state index in [0.717, 1.165) is 18.7 Å². The third-order valence-electron chi connectivity index (χ3n) is 3.95. The van der Waals surface area contributed by atoms with Gasteiger partial charge in [0.2, 0.25) is 0 Å². The van der Waals surface area contributed by atoms with Crippen LogP contribution in [0.5, 0.6) is 0 Å². The minimum Gasteiger partial charge on any atom is -0.379 e. The Morgan fingerprint density at radius 2 is 2.08 bits per heavy atom. The standard InChI is InChI=1S/C16H20FN5O2/c17-13-3-1-12(2-4-13)15(22-5-7-24-8-6-22)11-18-16(23)21-14-9-19-20-10-14/h1-4,9-10,15H,5-8,11H2,(H,19,20)(H2,18,21,23). The Balaban J connectivity index is 1.65. The Morgan fingerprint density at radius 1 is 1.33 bits per heavy atom. The number of hydrogen-bond donors (Lipinski definition) is 3. The smallest absolute Gasteiger partial charge is 0.319 e. The topological polar surface area (TPSA) is 82.3 Å². The summed E-state index contributed by atoms with van der Waals surface area (Å²) in [5, 5.41) is 12.0. The number of rotatable bonds is 5. The molecule has 2 amide bonds. The molecule has 1 fully saturated rings. The molecule has 1 aliphatic rings. The number of aromatic amines is 1. The van der Waals surface area contributed by atoms with Gasteiger partial charge in [0.1, 0.15) is 5.82 Å². The predicted molar refractivity (Wildman–Crippen MR) is 87.1 cm³/mol. The van der Waals surface area contributed by atoms with Gasteiger partial charge in [-0.25, -0.2) is 9.18 Å². The third kappa shape index (κ3) is 4.30. The van der Waals surface area contributed by atoms with E-state index in [1.165, 1.54) is 18.3 Å². The number of aromatic nitrogens is 2. The highest BCUT2D eigenvalue weighted by atomic mass is 19.1. The number of H-pyrrole nitrogens is 1. The lowest BCUT2D eigenvalue weighted by atomic mass is 10.0. The maximum atomic E-state index is 13.2. The SMILES string of the molecule is O=C(NCC(c1ccc(F)cc1)N1CCOCC1)Nc1cn[nH]c1. The van der Waals surface area contributed by atoms with Crippen LogP contribution in [0.3, 0.4) is 0 Å². The molecule has 1 aliphatic heterocycles. The number of carbonyl (C=O) groups is 1. The predicted octanol–water partition coefficient (Wildman–Crippen LogP) is 1.74. The molecule has 0 bridgehead atoms. The van der Waals surface area contributed by atoms with E-state index in [1.807, 2.05) is 0 Å². The summed E-state index contributed by atoms with van der Waals surface area (Å²) in [6.45, 7) is 3.26. The first-order valence-electron chi connectivity index (χ1n) is 7.83. The average Bonchev–Trinajstić information content (AvgIpc) is 3.10. The first-order chi connectivity index (χ1) is 11.7. The number of nitrogens with zero attached hydrogens (tertiary/aromatic N) is 2. The molecule has 7 nitrogen and oxygen atoms in total. The van der Waals surface area contributed by atoms with Crippen LogP contribution in [0.25, 0.3) is 0 Å². The third-order valence-corrected chi connectivity index (χ3v) is 3.95. The summed E-state index contributed by atoms with van der Waals surface area (Å²) in [5.41, 5.74) is 1.55. The van der Waals surface area contributed by atoms with Crippen molar-refractivity contribution in [2.75, 3.05) is 38.2 Å². The van der Waals surface area contributed by atoms with Crippen LogP contribution < -0.4 is 10.6 Å². The number of urea groups is 1. The minimum absolute atomic E-state index is 0.0374. The van der Waals surface area contributed by atoms with Crippen LogP contribution in [-0.4, -0.2) is 54.0 Å². The zero-order valence-corrected chi connectivity index (χ0v) is 13.2. The largest absolute Gasteiger partial charge is 0.379 e. The van der Waals surface area contributed by atoms with Gasteiger partial charge in [-0.15, -0.1) is 0 Å². The molecule has 1 unspecified atom stereocenters. The fraction of sp³-hybridized carbons (Fsp3) is 0.375. The van der Waals surface area contributed by atoms with Gasteiger partial charge in [-0.3, -0.25) is 10.00 Å². The molecule has 128 valence electrons. The molecule has 1 aromatic heterocycles. The van der Waals surface area contributed by atoms with Crippen molar-refractivity contribution in [3.05, 3.63) is 48.0 Å². The molecule has 0 aliphatic carbocycles. The van der Waals surface area contributed by atoms with Crippen LogP contribution in [0.15, 0.2) is 36.7 Å². The van der Waals surface area contributed by atoms with Gasteiger partial charge in [0.15, 0.2) is 0 Å². The highest BCUT2D eigenvalue weighted by Crippen LogP contribution is 2.21. The molecule has 0 spiro atoms. The number of benzene rings is 1. The summed E-state index contributed by atoms with van der Waals surface area (Å²) in [5.74, 6) is -0.273. The summed E-state index contributed by atoms with van der Waals surface area (Å²) in [4.78, 5) is 14.2. The lowest BCUT2D eigenvalue weighted by molar-refractivity contribution is 0.0167. The highest BCUT2D eigenvalue weighted by Gasteiger charge is 2.23. The fourth-order valence-electron chi connectivity index (χ4n) is 2.72. The van der Waals surface area contributed by atoms with Gasteiger partial charge in [0.05, 0.1) is 31.1 Å². The Hall–Kier alpha value is -2.45. The van der Waals surface area contributed by atoms with E-state index in [-0.39, 0.29) is 17.9 Å². The quantitative estimate of drug-likeness (QED) is 0.778. The minimum atomic E-state index is -0.309. The molecule has 2 aromatic rings. The van der Waals surface area contributed by atoms with Crippen molar-refractivity contribution in [1.82, 2.24) is 20.4 Å². The van der Waals surface area contributed by atoms with Crippen molar-refractivity contribution in [3.63, 3.8) is 0 Å². The first kappa shape index (κ1) is 16.4. The van der Waals surface area contributed by atoms with Crippen LogP contribution in [0.1, 0.15) is 11.6 Å². The number of morpholine rings is 1. The van der Waals surface area contributed by atoms with E-state index in [2.05, 4.69) is 25.7 Å². The molecule has 3 rings (SSSR count). The number of amides is 2. The number of carbonyl (C=O) groups excluding carboxylic acids is 1. The molecule has 24 heavy (non-hydrogen) atoms. The van der Waals surface area contributed by atoms with Gasteiger partial charge in [0, 0.05) is 25.8 Å². The average molecular weight is 333 g/mol. The first-order valence-corrected chi connectivity index (χ1v) is 7.83. The van der Waals surface area contributed by atoms with Gasteiger partial charge in [-0.2, -0.15) is 5.10 Å². The summed E-state index contributed by atoms with van der Waals surface area (Å²) >= 11 is 0. The van der Waals surface area contributed by atoms with Crippen LogP contribution in [0.4, 0.5) is 14.9 Å². The van der Waals surface area contributed by atoms with Gasteiger partial charge in [-0.05, 0) is 17.7 Å². The van der Waals surface area contributed by atoms with E-state index in [0.29, 0.717) is 25.4 Å². The Kier molecular flexibility index (Phi) is 5.39. The second-order valence-electron chi connectivity index (χ2n) is 5.54. The molecule has 1 saturated heterocycles. The number of anilines is 1. The number of hydrogen-bond acceptors (Lipinski definition) is 4. The Morgan fingerprint density at radius 3 is 2.75 bits per heavy atom. The fourth-order valence-corrected chi connectivity index (χ4v) is 2.72. The summed E-state index contributed by atoms with van der Waals surface area (Å²) in [6, 6.07) is 6.04. The van der Waals surface area contributed by atoms with Gasteiger partial charge >= 0.3 is 6.03 Å². The van der Waals surface area contributed by atoms with E-state index in [4.69, 9.17) is 4.74 Å². The van der Waals surface area contributed by atoms with Crippen molar-refractivity contribution >= 4 is 11.7 Å². The molecule has 8 heteroatoms. The van der Waals surface area contributed by atoms with Crippen LogP contribution in [0.2, 0.25) is 0 Å². The molecule has 1 atom stereocenters. The molecule has 1 aromatic carbocycles. The molecule has 3 N–H and O–H groups in total. The highest BCUT2D eigenvalue weighted by molar-refractivity contribution is 5.88. The Labute approximate surface area is 139 Å². The van der Waals surface area contributed by atoms with E-state index >= 15 is 0 Å². The van der Waals surface area contributed by atoms with Crippen molar-refractivity contribution in [2.45, 2.75) is 6.04 Å². The van der Waals surface area contributed by atoms with E-state index in [9.17, 15) is 9.18 Å². The Bertz CT molecular complexity index is 641. The molecule has 0 saturated carbocycles. The van der Waals surface area contributed by atoms with Crippen LogP contribution >= 0.6 is 0 Å². The van der Waals surface area contributed by atoms with Crippen molar-refractivity contribution in [1.29, 1.82) is 0 Å². The van der Waals surface area contributed by atoms with Crippen molar-refractivity contribution in [2.24, 2.45) is 0 Å². The van der Waals surface area contributed by atoms with Crippen molar-refractivity contribution < 1.29 is 13.9 Å². The van der Waals surface area contributed by atoms with Crippen LogP contribution in [-0.2, 0) is 4.74 Å². The second kappa shape index (κ2) is 7.89. The summed E-state index contributed by atoms with van der Waals surface area (Å²) in [6.07, 6.45) is 3.12. The van der Waals surface area contributed by atoms with Gasteiger partial charge < -0.3 is 15.4 Å². The lowest BCUT2D eigenvalue weighted by Gasteiger charge is -2.34. The lowest BCUT2D eigenvalue weighted by Crippen LogP contribution is -2.44. The molecular formula is C16H20FN5O2. The zero-order valence-electron chi connectivity index (χ0n) is 13.2. The zero-order chi connectivity index (χ0) is 16.8. The van der Waals surface area contributed by atoms with Crippen LogP contribution in [0, 0.1) is 5.82 Å². The molecular weight excluding hydrogens is 313 g/mol. The number of ether oxygens (including phenoxy) is 1. The normalized spacial score (nSPS) is 16.5.